The van der Waals surface area contributed by atoms with E-state index in [4.69, 9.17) is 8.94 Å². The minimum absolute atomic E-state index is 0.0130. The molecular weight excluding hydrogens is 416 g/mol. The normalized spacial score (nSPS) is 18.1. The molecule has 172 valence electrons. The highest BCUT2D eigenvalue weighted by molar-refractivity contribution is 5.90. The zero-order valence-corrected chi connectivity index (χ0v) is 19.3. The Morgan fingerprint density at radius 1 is 1.30 bits per heavy atom. The van der Waals surface area contributed by atoms with Gasteiger partial charge in [-0.3, -0.25) is 10.1 Å². The first kappa shape index (κ1) is 21.5. The van der Waals surface area contributed by atoms with Gasteiger partial charge in [-0.1, -0.05) is 31.1 Å². The van der Waals surface area contributed by atoms with E-state index in [1.807, 2.05) is 25.1 Å². The summed E-state index contributed by atoms with van der Waals surface area (Å²) in [4.78, 5) is 13.2. The second kappa shape index (κ2) is 8.90. The van der Waals surface area contributed by atoms with Crippen LogP contribution < -0.4 is 10.6 Å². The number of furan rings is 1. The Bertz CT molecular complexity index is 1250. The van der Waals surface area contributed by atoms with E-state index in [1.54, 1.807) is 6.26 Å². The molecule has 3 aromatic heterocycles. The van der Waals surface area contributed by atoms with Crippen LogP contribution in [0.5, 0.6) is 0 Å². The van der Waals surface area contributed by atoms with Crippen LogP contribution in [0.3, 0.4) is 0 Å². The summed E-state index contributed by atoms with van der Waals surface area (Å²) >= 11 is 0. The lowest BCUT2D eigenvalue weighted by Gasteiger charge is -2.25. The van der Waals surface area contributed by atoms with Gasteiger partial charge < -0.3 is 18.8 Å². The van der Waals surface area contributed by atoms with Crippen molar-refractivity contribution in [2.24, 2.45) is 5.92 Å². The van der Waals surface area contributed by atoms with Gasteiger partial charge in [0, 0.05) is 29.2 Å². The number of nitrogens with one attached hydrogen (secondary N) is 2. The average molecular weight is 447 g/mol. The largest absolute Gasteiger partial charge is 0.467 e. The fraction of sp³-hybridized carbons (Fsp3) is 0.385. The van der Waals surface area contributed by atoms with Crippen molar-refractivity contribution in [2.75, 3.05) is 0 Å². The lowest BCUT2D eigenvalue weighted by molar-refractivity contribution is -0.123. The fourth-order valence-corrected chi connectivity index (χ4v) is 4.87. The minimum Gasteiger partial charge on any atom is -0.467 e. The van der Waals surface area contributed by atoms with Gasteiger partial charge in [-0.05, 0) is 55.0 Å². The molecule has 1 aliphatic heterocycles. The molecule has 2 atom stereocenters. The van der Waals surface area contributed by atoms with Crippen molar-refractivity contribution in [3.63, 3.8) is 0 Å². The van der Waals surface area contributed by atoms with E-state index in [-0.39, 0.29) is 18.0 Å². The Morgan fingerprint density at radius 2 is 2.18 bits per heavy atom. The Balaban J connectivity index is 1.49. The molecule has 0 aliphatic carbocycles. The lowest BCUT2D eigenvalue weighted by Crippen LogP contribution is -2.46. The van der Waals surface area contributed by atoms with Crippen LogP contribution in [0.1, 0.15) is 54.7 Å². The molecular formula is C26H30N4O3. The molecule has 1 aromatic carbocycles. The molecule has 1 amide bonds. The number of aromatic nitrogens is 2. The van der Waals surface area contributed by atoms with Crippen molar-refractivity contribution >= 4 is 16.8 Å². The zero-order valence-electron chi connectivity index (χ0n) is 19.3. The van der Waals surface area contributed by atoms with Gasteiger partial charge in [0.15, 0.2) is 0 Å². The van der Waals surface area contributed by atoms with Crippen LogP contribution in [0.15, 0.2) is 57.8 Å². The summed E-state index contributed by atoms with van der Waals surface area (Å²) in [6.45, 7) is 7.36. The Labute approximate surface area is 193 Å². The van der Waals surface area contributed by atoms with Crippen molar-refractivity contribution < 1.29 is 13.7 Å². The molecule has 2 N–H and O–H groups in total. The van der Waals surface area contributed by atoms with Gasteiger partial charge in [-0.25, -0.2) is 0 Å². The molecule has 7 heteroatoms. The third kappa shape index (κ3) is 4.46. The SMILES string of the molecule is Cc1cc(Cn2cc3c4c(cccc42)[C@H](CC(C)C)N[C@H](C(=O)NCc2ccco2)C3)no1. The monoisotopic (exact) mass is 446 g/mol. The molecule has 1 aliphatic rings. The van der Waals surface area contributed by atoms with Crippen molar-refractivity contribution in [1.29, 1.82) is 0 Å². The van der Waals surface area contributed by atoms with Gasteiger partial charge in [0.25, 0.3) is 0 Å². The summed E-state index contributed by atoms with van der Waals surface area (Å²) in [5.41, 5.74) is 4.49. The lowest BCUT2D eigenvalue weighted by atomic mass is 9.94. The molecule has 0 unspecified atom stereocenters. The molecule has 0 saturated heterocycles. The first-order valence-electron chi connectivity index (χ1n) is 11.6. The number of carbonyl (C=O) groups is 1. The first-order valence-corrected chi connectivity index (χ1v) is 11.6. The van der Waals surface area contributed by atoms with Crippen molar-refractivity contribution in [1.82, 2.24) is 20.4 Å². The number of rotatable bonds is 7. The number of nitrogens with zero attached hydrogens (tertiary/aromatic N) is 2. The molecule has 33 heavy (non-hydrogen) atoms. The van der Waals surface area contributed by atoms with Gasteiger partial charge in [-0.15, -0.1) is 0 Å². The van der Waals surface area contributed by atoms with Gasteiger partial charge in [0.2, 0.25) is 5.91 Å². The molecule has 0 fully saturated rings. The fourth-order valence-electron chi connectivity index (χ4n) is 4.87. The number of amides is 1. The quantitative estimate of drug-likeness (QED) is 0.437. The summed E-state index contributed by atoms with van der Waals surface area (Å²) < 4.78 is 12.9. The average Bonchev–Trinajstić information content (AvgIpc) is 3.50. The maximum absolute atomic E-state index is 13.2. The van der Waals surface area contributed by atoms with E-state index in [0.29, 0.717) is 25.4 Å². The van der Waals surface area contributed by atoms with Crippen LogP contribution in [0.25, 0.3) is 10.9 Å². The van der Waals surface area contributed by atoms with Gasteiger partial charge >= 0.3 is 0 Å². The molecule has 4 heterocycles. The third-order valence-corrected chi connectivity index (χ3v) is 6.27. The van der Waals surface area contributed by atoms with Gasteiger partial charge in [-0.2, -0.15) is 0 Å². The highest BCUT2D eigenvalue weighted by Gasteiger charge is 2.31. The highest BCUT2D eigenvalue weighted by Crippen LogP contribution is 2.36. The zero-order chi connectivity index (χ0) is 22.9. The second-order valence-electron chi connectivity index (χ2n) is 9.36. The standard InChI is InChI=1S/C26H30N4O3/c1-16(2)10-22-21-7-4-8-24-25(21)18(14-30(24)15-19-11-17(3)33-29-19)12-23(28-22)26(31)27-13-20-6-5-9-32-20/h4-9,11,14,16,22-23,28H,10,12-13,15H2,1-3H3,(H,27,31)/t22-,23-/m0/s1. The van der Waals surface area contributed by atoms with Crippen LogP contribution in [-0.4, -0.2) is 21.7 Å². The van der Waals surface area contributed by atoms with Gasteiger partial charge in [0.1, 0.15) is 17.2 Å². The smallest absolute Gasteiger partial charge is 0.237 e. The second-order valence-corrected chi connectivity index (χ2v) is 9.36. The number of hydrogen-bond donors (Lipinski definition) is 2. The number of carbonyl (C=O) groups excluding carboxylic acids is 1. The molecule has 0 spiro atoms. The topological polar surface area (TPSA) is 85.2 Å². The molecule has 0 bridgehead atoms. The van der Waals surface area contributed by atoms with E-state index >= 15 is 0 Å². The third-order valence-electron chi connectivity index (χ3n) is 6.27. The van der Waals surface area contributed by atoms with Crippen LogP contribution in [-0.2, 0) is 24.3 Å². The van der Waals surface area contributed by atoms with E-state index in [1.165, 1.54) is 16.5 Å². The summed E-state index contributed by atoms with van der Waals surface area (Å²) in [6, 6.07) is 11.9. The van der Waals surface area contributed by atoms with Gasteiger partial charge in [0.05, 0.1) is 25.4 Å². The number of hydrogen-bond acceptors (Lipinski definition) is 5. The van der Waals surface area contributed by atoms with E-state index < -0.39 is 0 Å². The summed E-state index contributed by atoms with van der Waals surface area (Å²) in [7, 11) is 0. The maximum Gasteiger partial charge on any atom is 0.237 e. The molecule has 7 nitrogen and oxygen atoms in total. The number of aryl methyl sites for hydroxylation is 1. The molecule has 4 aromatic rings. The van der Waals surface area contributed by atoms with Crippen molar-refractivity contribution in [2.45, 2.75) is 58.8 Å². The van der Waals surface area contributed by atoms with Crippen molar-refractivity contribution in [3.05, 3.63) is 77.2 Å². The van der Waals surface area contributed by atoms with E-state index in [9.17, 15) is 4.79 Å². The summed E-state index contributed by atoms with van der Waals surface area (Å²) in [5, 5.41) is 12.1. The molecule has 0 radical (unpaired) electrons. The van der Waals surface area contributed by atoms with E-state index in [2.05, 4.69) is 58.6 Å². The maximum atomic E-state index is 13.2. The van der Waals surface area contributed by atoms with Crippen LogP contribution in [0.2, 0.25) is 0 Å². The summed E-state index contributed by atoms with van der Waals surface area (Å²) in [5.74, 6) is 2.03. The first-order chi connectivity index (χ1) is 16.0. The minimum atomic E-state index is -0.329. The van der Waals surface area contributed by atoms with Crippen LogP contribution >= 0.6 is 0 Å². The number of benzene rings is 1. The molecule has 0 saturated carbocycles. The Hall–Kier alpha value is -3.32. The predicted molar refractivity (Wildman–Crippen MR) is 126 cm³/mol. The Kier molecular flexibility index (Phi) is 5.81. The molecule has 5 rings (SSSR count). The van der Waals surface area contributed by atoms with Crippen LogP contribution in [0.4, 0.5) is 0 Å². The predicted octanol–water partition coefficient (Wildman–Crippen LogP) is 4.50. The highest BCUT2D eigenvalue weighted by atomic mass is 16.5. The van der Waals surface area contributed by atoms with Crippen molar-refractivity contribution in [3.8, 4) is 0 Å². The Morgan fingerprint density at radius 3 is 2.91 bits per heavy atom. The van der Waals surface area contributed by atoms with Crippen LogP contribution in [0, 0.1) is 12.8 Å². The summed E-state index contributed by atoms with van der Waals surface area (Å²) in [6.07, 6.45) is 5.37. The van der Waals surface area contributed by atoms with E-state index in [0.717, 1.165) is 29.2 Å².